The number of benzene rings is 1. The number of fused-ring (bicyclic) bond motifs is 1. The van der Waals surface area contributed by atoms with Crippen molar-refractivity contribution in [2.75, 3.05) is 12.4 Å². The van der Waals surface area contributed by atoms with Crippen LogP contribution in [0.1, 0.15) is 17.7 Å². The van der Waals surface area contributed by atoms with Gasteiger partial charge in [-0.3, -0.25) is 23.8 Å². The van der Waals surface area contributed by atoms with Crippen molar-refractivity contribution in [1.82, 2.24) is 10.2 Å². The summed E-state index contributed by atoms with van der Waals surface area (Å²) >= 11 is 1.13. The fraction of sp³-hybridized carbons (Fsp3) is 0.333. The zero-order chi connectivity index (χ0) is 22.9. The SMILES string of the molecule is CC(=O)OCC1=C(C(=O)O)N2C(=O)[C@@H](NC(=O)C(c3ccccc3)S(=O)(=O)O)[C@@H]2SC1. The molecule has 2 aliphatic heterocycles. The van der Waals surface area contributed by atoms with E-state index in [4.69, 9.17) is 4.74 Å². The van der Waals surface area contributed by atoms with E-state index in [1.54, 1.807) is 6.07 Å². The highest BCUT2D eigenvalue weighted by Gasteiger charge is 2.55. The lowest BCUT2D eigenvalue weighted by Crippen LogP contribution is -2.71. The zero-order valence-electron chi connectivity index (χ0n) is 16.0. The van der Waals surface area contributed by atoms with E-state index >= 15 is 0 Å². The van der Waals surface area contributed by atoms with Gasteiger partial charge >= 0.3 is 11.9 Å². The summed E-state index contributed by atoms with van der Waals surface area (Å²) in [6, 6.07) is 6.08. The molecule has 3 rings (SSSR count). The number of carboxylic acids is 1. The number of carbonyl (C=O) groups excluding carboxylic acids is 3. The number of aliphatic carboxylic acids is 1. The molecule has 0 radical (unpaired) electrons. The average Bonchev–Trinajstić information content (AvgIpc) is 2.69. The van der Waals surface area contributed by atoms with Crippen LogP contribution in [0, 0.1) is 0 Å². The summed E-state index contributed by atoms with van der Waals surface area (Å²) in [6.45, 7) is 0.870. The second-order valence-electron chi connectivity index (χ2n) is 6.74. The first-order valence-electron chi connectivity index (χ1n) is 8.87. The predicted molar refractivity (Wildman–Crippen MR) is 107 cm³/mol. The van der Waals surface area contributed by atoms with Gasteiger partial charge in [0.15, 0.2) is 5.25 Å². The Morgan fingerprint density at radius 3 is 2.48 bits per heavy atom. The van der Waals surface area contributed by atoms with E-state index < -0.39 is 50.5 Å². The second-order valence-corrected chi connectivity index (χ2v) is 9.35. The van der Waals surface area contributed by atoms with E-state index in [1.165, 1.54) is 31.2 Å². The van der Waals surface area contributed by atoms with Gasteiger partial charge in [0.25, 0.3) is 16.0 Å². The van der Waals surface area contributed by atoms with Gasteiger partial charge in [-0.05, 0) is 5.56 Å². The van der Waals surface area contributed by atoms with Crippen LogP contribution in [0.5, 0.6) is 0 Å². The highest BCUT2D eigenvalue weighted by molar-refractivity contribution is 8.00. The fourth-order valence-electron chi connectivity index (χ4n) is 3.30. The van der Waals surface area contributed by atoms with E-state index in [0.717, 1.165) is 16.7 Å². The molecule has 0 aliphatic carbocycles. The lowest BCUT2D eigenvalue weighted by atomic mass is 10.0. The highest BCUT2D eigenvalue weighted by atomic mass is 32.2. The van der Waals surface area contributed by atoms with Crippen molar-refractivity contribution in [3.8, 4) is 0 Å². The number of hydrogen-bond donors (Lipinski definition) is 3. The molecule has 31 heavy (non-hydrogen) atoms. The average molecular weight is 470 g/mol. The van der Waals surface area contributed by atoms with Gasteiger partial charge in [-0.2, -0.15) is 8.42 Å². The topological polar surface area (TPSA) is 167 Å². The van der Waals surface area contributed by atoms with Gasteiger partial charge in [-0.25, -0.2) is 4.79 Å². The van der Waals surface area contributed by atoms with Crippen LogP contribution >= 0.6 is 11.8 Å². The van der Waals surface area contributed by atoms with Crippen molar-refractivity contribution >= 4 is 45.6 Å². The summed E-state index contributed by atoms with van der Waals surface area (Å²) in [5.74, 6) is -3.76. The minimum absolute atomic E-state index is 0.0113. The Labute approximate surface area is 181 Å². The Morgan fingerprint density at radius 2 is 1.94 bits per heavy atom. The first-order chi connectivity index (χ1) is 14.5. The number of thioether (sulfide) groups is 1. The number of carboxylic acid groups (broad SMARTS) is 1. The molecule has 13 heteroatoms. The van der Waals surface area contributed by atoms with Crippen molar-refractivity contribution in [3.63, 3.8) is 0 Å². The monoisotopic (exact) mass is 470 g/mol. The van der Waals surface area contributed by atoms with Crippen molar-refractivity contribution in [1.29, 1.82) is 0 Å². The Balaban J connectivity index is 1.81. The number of β-lactam (4-membered cyclic amide) rings is 1. The maximum absolute atomic E-state index is 12.7. The number of esters is 1. The molecule has 2 amide bonds. The number of ether oxygens (including phenoxy) is 1. The molecule has 0 spiro atoms. The van der Waals surface area contributed by atoms with Crippen LogP contribution in [0.4, 0.5) is 0 Å². The molecule has 1 unspecified atom stereocenters. The predicted octanol–water partition coefficient (Wildman–Crippen LogP) is -0.0828. The third-order valence-corrected chi connectivity index (χ3v) is 7.06. The molecule has 1 aromatic rings. The van der Waals surface area contributed by atoms with E-state index in [1.807, 2.05) is 0 Å². The molecule has 11 nitrogen and oxygen atoms in total. The van der Waals surface area contributed by atoms with Crippen LogP contribution in [-0.4, -0.2) is 70.5 Å². The third-order valence-electron chi connectivity index (χ3n) is 4.64. The van der Waals surface area contributed by atoms with Crippen LogP contribution in [0.2, 0.25) is 0 Å². The summed E-state index contributed by atoms with van der Waals surface area (Å²) < 4.78 is 38.0. The Kier molecular flexibility index (Phi) is 6.38. The molecule has 2 heterocycles. The molecular weight excluding hydrogens is 452 g/mol. The molecule has 1 fully saturated rings. The van der Waals surface area contributed by atoms with Gasteiger partial charge in [0.1, 0.15) is 23.7 Å². The van der Waals surface area contributed by atoms with Crippen LogP contribution in [0.15, 0.2) is 41.6 Å². The summed E-state index contributed by atoms with van der Waals surface area (Å²) in [4.78, 5) is 49.0. The van der Waals surface area contributed by atoms with Crippen molar-refractivity contribution in [2.45, 2.75) is 23.6 Å². The second kappa shape index (κ2) is 8.69. The quantitative estimate of drug-likeness (QED) is 0.278. The minimum Gasteiger partial charge on any atom is -0.477 e. The van der Waals surface area contributed by atoms with Crippen LogP contribution in [-0.2, 0) is 34.0 Å². The normalized spacial score (nSPS) is 21.6. The third kappa shape index (κ3) is 4.57. The van der Waals surface area contributed by atoms with Crippen LogP contribution in [0.25, 0.3) is 0 Å². The van der Waals surface area contributed by atoms with Crippen LogP contribution in [0.3, 0.4) is 0 Å². The molecule has 0 aromatic heterocycles. The molecule has 1 aromatic carbocycles. The Bertz CT molecular complexity index is 1070. The largest absolute Gasteiger partial charge is 0.477 e. The maximum Gasteiger partial charge on any atom is 0.352 e. The summed E-state index contributed by atoms with van der Waals surface area (Å²) in [7, 11) is -4.84. The first kappa shape index (κ1) is 22.8. The summed E-state index contributed by atoms with van der Waals surface area (Å²) in [5.41, 5.74) is -0.103. The number of hydrogen-bond acceptors (Lipinski definition) is 8. The van der Waals surface area contributed by atoms with Gasteiger partial charge in [0.2, 0.25) is 5.91 Å². The molecule has 1 saturated heterocycles. The Hall–Kier alpha value is -2.90. The van der Waals surface area contributed by atoms with Gasteiger partial charge in [0.05, 0.1) is 0 Å². The molecule has 3 N–H and O–H groups in total. The summed E-state index contributed by atoms with van der Waals surface area (Å²) in [5, 5.41) is 9.09. The van der Waals surface area contributed by atoms with Gasteiger partial charge in [-0.1, -0.05) is 30.3 Å². The molecule has 2 aliphatic rings. The molecule has 0 bridgehead atoms. The molecule has 0 saturated carbocycles. The zero-order valence-corrected chi connectivity index (χ0v) is 17.7. The van der Waals surface area contributed by atoms with Crippen molar-refractivity contribution in [2.24, 2.45) is 0 Å². The Morgan fingerprint density at radius 1 is 1.29 bits per heavy atom. The molecular formula is C18H18N2O9S2. The van der Waals surface area contributed by atoms with E-state index in [0.29, 0.717) is 0 Å². The summed E-state index contributed by atoms with van der Waals surface area (Å²) in [6.07, 6.45) is 0. The standard InChI is InChI=1S/C18H18N2O9S2/c1-9(21)29-7-11-8-30-17-12(16(23)20(17)13(11)18(24)25)19-15(22)14(31(26,27)28)10-5-3-2-4-6-10/h2-6,12,14,17H,7-8H2,1H3,(H,19,22)(H,24,25)(H,26,27,28)/t12-,14?,17+/m1/s1. The van der Waals surface area contributed by atoms with Crippen molar-refractivity contribution < 1.29 is 42.0 Å². The van der Waals surface area contributed by atoms with Crippen molar-refractivity contribution in [3.05, 3.63) is 47.2 Å². The smallest absolute Gasteiger partial charge is 0.352 e. The lowest BCUT2D eigenvalue weighted by molar-refractivity contribution is -0.151. The van der Waals surface area contributed by atoms with Crippen LogP contribution < -0.4 is 5.32 Å². The number of amides is 2. The maximum atomic E-state index is 12.7. The van der Waals surface area contributed by atoms with E-state index in [2.05, 4.69) is 5.32 Å². The van der Waals surface area contributed by atoms with E-state index in [-0.39, 0.29) is 29.2 Å². The minimum atomic E-state index is -4.84. The highest BCUT2D eigenvalue weighted by Crippen LogP contribution is 2.40. The number of carbonyl (C=O) groups is 4. The number of rotatable bonds is 7. The fourth-order valence-corrected chi connectivity index (χ4v) is 5.47. The number of nitrogens with one attached hydrogen (secondary N) is 1. The first-order valence-corrected chi connectivity index (χ1v) is 11.4. The lowest BCUT2D eigenvalue weighted by Gasteiger charge is -2.49. The molecule has 166 valence electrons. The van der Waals surface area contributed by atoms with E-state index in [9.17, 15) is 37.3 Å². The van der Waals surface area contributed by atoms with Gasteiger partial charge < -0.3 is 15.2 Å². The van der Waals surface area contributed by atoms with Gasteiger partial charge in [-0.15, -0.1) is 11.8 Å². The number of nitrogens with zero attached hydrogens (tertiary/aromatic N) is 1. The van der Waals surface area contributed by atoms with Gasteiger partial charge in [0, 0.05) is 18.2 Å². The molecule has 3 atom stereocenters.